The van der Waals surface area contributed by atoms with Crippen molar-refractivity contribution >= 4 is 11.6 Å². The van der Waals surface area contributed by atoms with E-state index in [4.69, 9.17) is 5.73 Å². The van der Waals surface area contributed by atoms with Crippen LogP contribution in [0.4, 0.5) is 10.1 Å². The van der Waals surface area contributed by atoms with Gasteiger partial charge in [0.1, 0.15) is 5.82 Å². The Labute approximate surface area is 107 Å². The van der Waals surface area contributed by atoms with Crippen molar-refractivity contribution in [3.05, 3.63) is 29.6 Å². The normalized spacial score (nSPS) is 17.7. The van der Waals surface area contributed by atoms with E-state index in [0.717, 1.165) is 25.7 Å². The molecule has 0 atom stereocenters. The Morgan fingerprint density at radius 3 is 2.78 bits per heavy atom. The lowest BCUT2D eigenvalue weighted by Gasteiger charge is -2.22. The quantitative estimate of drug-likeness (QED) is 0.866. The van der Waals surface area contributed by atoms with E-state index in [-0.39, 0.29) is 17.3 Å². The largest absolute Gasteiger partial charge is 0.326 e. The van der Waals surface area contributed by atoms with E-state index in [0.29, 0.717) is 17.7 Å². The molecule has 1 aromatic carbocycles. The first-order valence-electron chi connectivity index (χ1n) is 6.34. The Bertz CT molecular complexity index is 453. The van der Waals surface area contributed by atoms with Crippen molar-refractivity contribution in [3.8, 4) is 0 Å². The molecule has 3 N–H and O–H groups in total. The van der Waals surface area contributed by atoms with Gasteiger partial charge in [0.25, 0.3) is 0 Å². The minimum Gasteiger partial charge on any atom is -0.326 e. The lowest BCUT2D eigenvalue weighted by Crippen LogP contribution is -2.40. The molecule has 1 aliphatic carbocycles. The fraction of sp³-hybridized carbons (Fsp3) is 0.500. The molecule has 1 saturated carbocycles. The zero-order chi connectivity index (χ0) is 13.2. The van der Waals surface area contributed by atoms with E-state index in [1.54, 1.807) is 19.1 Å². The maximum Gasteiger partial charge on any atom is 0.226 e. The van der Waals surface area contributed by atoms with Crippen LogP contribution in [0.1, 0.15) is 37.7 Å². The van der Waals surface area contributed by atoms with E-state index < -0.39 is 0 Å². The van der Waals surface area contributed by atoms with Crippen molar-refractivity contribution < 1.29 is 9.18 Å². The molecule has 3 nitrogen and oxygen atoms in total. The van der Waals surface area contributed by atoms with E-state index in [1.807, 2.05) is 0 Å². The average molecular weight is 250 g/mol. The smallest absolute Gasteiger partial charge is 0.226 e. The van der Waals surface area contributed by atoms with Crippen molar-refractivity contribution in [2.45, 2.75) is 44.6 Å². The molecule has 0 heterocycles. The number of amides is 1. The van der Waals surface area contributed by atoms with Crippen LogP contribution in [-0.4, -0.2) is 11.4 Å². The number of nitrogens with one attached hydrogen (secondary N) is 1. The Hall–Kier alpha value is -1.42. The number of halogens is 1. The van der Waals surface area contributed by atoms with Gasteiger partial charge < -0.3 is 11.1 Å². The summed E-state index contributed by atoms with van der Waals surface area (Å²) < 4.78 is 13.3. The number of carbonyl (C=O) groups is 1. The highest BCUT2D eigenvalue weighted by molar-refractivity contribution is 5.92. The van der Waals surface area contributed by atoms with Crippen molar-refractivity contribution in [1.82, 2.24) is 0 Å². The fourth-order valence-corrected chi connectivity index (χ4v) is 2.51. The Morgan fingerprint density at radius 1 is 1.44 bits per heavy atom. The molecule has 0 aliphatic heterocycles. The lowest BCUT2D eigenvalue weighted by molar-refractivity contribution is -0.117. The van der Waals surface area contributed by atoms with E-state index >= 15 is 0 Å². The second-order valence-electron chi connectivity index (χ2n) is 5.21. The second-order valence-corrected chi connectivity index (χ2v) is 5.21. The summed E-state index contributed by atoms with van der Waals surface area (Å²) in [5, 5.41) is 2.74. The number of hydrogen-bond donors (Lipinski definition) is 2. The highest BCUT2D eigenvalue weighted by Crippen LogP contribution is 2.30. The third kappa shape index (κ3) is 2.88. The van der Waals surface area contributed by atoms with Crippen LogP contribution in [0, 0.1) is 12.7 Å². The summed E-state index contributed by atoms with van der Waals surface area (Å²) >= 11 is 0. The zero-order valence-electron chi connectivity index (χ0n) is 10.6. The summed E-state index contributed by atoms with van der Waals surface area (Å²) in [5.41, 5.74) is 6.77. The summed E-state index contributed by atoms with van der Waals surface area (Å²) in [6.07, 6.45) is 4.26. The number of benzene rings is 1. The molecule has 0 unspecified atom stereocenters. The van der Waals surface area contributed by atoms with E-state index in [2.05, 4.69) is 5.32 Å². The summed E-state index contributed by atoms with van der Waals surface area (Å²) in [5.74, 6) is -0.441. The third-order valence-corrected chi connectivity index (χ3v) is 3.65. The van der Waals surface area contributed by atoms with Crippen LogP contribution in [0.5, 0.6) is 0 Å². The molecule has 0 saturated heterocycles. The maximum atomic E-state index is 13.3. The van der Waals surface area contributed by atoms with Gasteiger partial charge in [-0.3, -0.25) is 4.79 Å². The molecule has 18 heavy (non-hydrogen) atoms. The van der Waals surface area contributed by atoms with Crippen LogP contribution in [-0.2, 0) is 4.79 Å². The van der Waals surface area contributed by atoms with Gasteiger partial charge >= 0.3 is 0 Å². The predicted molar refractivity (Wildman–Crippen MR) is 69.8 cm³/mol. The molecule has 4 heteroatoms. The standard InChI is InChI=1S/C14H19FN2O/c1-10-11(15)5-4-6-12(10)17-13(18)9-14(16)7-2-3-8-14/h4-6H,2-3,7-9,16H2,1H3,(H,17,18). The molecule has 0 radical (unpaired) electrons. The van der Waals surface area contributed by atoms with Gasteiger partial charge in [0.05, 0.1) is 0 Å². The van der Waals surface area contributed by atoms with Crippen LogP contribution in [0.15, 0.2) is 18.2 Å². The molecule has 0 bridgehead atoms. The van der Waals surface area contributed by atoms with Gasteiger partial charge in [0, 0.05) is 23.2 Å². The third-order valence-electron chi connectivity index (χ3n) is 3.65. The molecule has 0 spiro atoms. The molecular formula is C14H19FN2O. The molecule has 1 fully saturated rings. The van der Waals surface area contributed by atoms with Gasteiger partial charge in [-0.1, -0.05) is 18.9 Å². The second kappa shape index (κ2) is 5.06. The van der Waals surface area contributed by atoms with Crippen LogP contribution in [0.2, 0.25) is 0 Å². The summed E-state index contributed by atoms with van der Waals surface area (Å²) in [6.45, 7) is 1.65. The van der Waals surface area contributed by atoms with Crippen LogP contribution in [0.3, 0.4) is 0 Å². The Kier molecular flexibility index (Phi) is 3.66. The molecule has 1 aliphatic rings. The number of anilines is 1. The number of hydrogen-bond acceptors (Lipinski definition) is 2. The number of rotatable bonds is 3. The molecule has 2 rings (SSSR count). The van der Waals surface area contributed by atoms with Crippen LogP contribution < -0.4 is 11.1 Å². The molecule has 0 aromatic heterocycles. The monoisotopic (exact) mass is 250 g/mol. The Balaban J connectivity index is 2.01. The van der Waals surface area contributed by atoms with Crippen molar-refractivity contribution in [1.29, 1.82) is 0 Å². The van der Waals surface area contributed by atoms with Crippen molar-refractivity contribution in [2.24, 2.45) is 5.73 Å². The molecule has 1 amide bonds. The summed E-state index contributed by atoms with van der Waals surface area (Å²) in [7, 11) is 0. The van der Waals surface area contributed by atoms with E-state index in [9.17, 15) is 9.18 Å². The SMILES string of the molecule is Cc1c(F)cccc1NC(=O)CC1(N)CCCC1. The van der Waals surface area contributed by atoms with Gasteiger partial charge in [0.15, 0.2) is 0 Å². The zero-order valence-corrected chi connectivity index (χ0v) is 10.6. The minimum absolute atomic E-state index is 0.131. The maximum absolute atomic E-state index is 13.3. The highest BCUT2D eigenvalue weighted by Gasteiger charge is 2.31. The minimum atomic E-state index is -0.370. The van der Waals surface area contributed by atoms with Gasteiger partial charge in [0.2, 0.25) is 5.91 Å². The first kappa shape index (κ1) is 13.0. The summed E-state index contributed by atoms with van der Waals surface area (Å²) in [6, 6.07) is 4.67. The highest BCUT2D eigenvalue weighted by atomic mass is 19.1. The van der Waals surface area contributed by atoms with Crippen molar-refractivity contribution in [3.63, 3.8) is 0 Å². The summed E-state index contributed by atoms with van der Waals surface area (Å²) in [4.78, 5) is 11.9. The van der Waals surface area contributed by atoms with Crippen molar-refractivity contribution in [2.75, 3.05) is 5.32 Å². The Morgan fingerprint density at radius 2 is 2.11 bits per heavy atom. The average Bonchev–Trinajstić information content (AvgIpc) is 2.71. The van der Waals surface area contributed by atoms with Gasteiger partial charge in [-0.25, -0.2) is 4.39 Å². The molecular weight excluding hydrogens is 231 g/mol. The van der Waals surface area contributed by atoms with Crippen LogP contribution >= 0.6 is 0 Å². The van der Waals surface area contributed by atoms with Gasteiger partial charge in [-0.05, 0) is 31.9 Å². The topological polar surface area (TPSA) is 55.1 Å². The molecule has 98 valence electrons. The van der Waals surface area contributed by atoms with Gasteiger partial charge in [-0.2, -0.15) is 0 Å². The number of carbonyl (C=O) groups excluding carboxylic acids is 1. The van der Waals surface area contributed by atoms with E-state index in [1.165, 1.54) is 6.07 Å². The molecule has 1 aromatic rings. The number of nitrogens with two attached hydrogens (primary N) is 1. The van der Waals surface area contributed by atoms with Crippen LogP contribution in [0.25, 0.3) is 0 Å². The fourth-order valence-electron chi connectivity index (χ4n) is 2.51. The predicted octanol–water partition coefficient (Wildman–Crippen LogP) is 2.73. The van der Waals surface area contributed by atoms with Gasteiger partial charge in [-0.15, -0.1) is 0 Å². The first-order chi connectivity index (χ1) is 8.50. The lowest BCUT2D eigenvalue weighted by atomic mass is 9.94. The first-order valence-corrected chi connectivity index (χ1v) is 6.34.